The Hall–Kier alpha value is -1.55. The maximum atomic E-state index is 9.59. The standard InChI is InChI=1S/C19H27ClN4OSi/c1-26(2,3)9-8-25-13-24-12-14(11-21)18-16(10-17(20)23-19(18)24)22-15-6-4-5-7-15/h10,12,15H,4-9,13H2,1-3H3,(H,22,23). The lowest BCUT2D eigenvalue weighted by Crippen LogP contribution is -2.22. The molecule has 0 atom stereocenters. The summed E-state index contributed by atoms with van der Waals surface area (Å²) in [5.74, 6) is 0. The molecule has 0 spiro atoms. The molecule has 0 aliphatic heterocycles. The molecule has 0 radical (unpaired) electrons. The number of aromatic nitrogens is 2. The Kier molecular flexibility index (Phi) is 5.91. The van der Waals surface area contributed by atoms with Gasteiger partial charge in [0.2, 0.25) is 0 Å². The highest BCUT2D eigenvalue weighted by molar-refractivity contribution is 6.76. The number of anilines is 1. The van der Waals surface area contributed by atoms with Crippen LogP contribution in [0.3, 0.4) is 0 Å². The number of rotatable bonds is 7. The molecule has 26 heavy (non-hydrogen) atoms. The molecule has 1 fully saturated rings. The highest BCUT2D eigenvalue weighted by Gasteiger charge is 2.20. The van der Waals surface area contributed by atoms with Gasteiger partial charge in [-0.1, -0.05) is 44.1 Å². The van der Waals surface area contributed by atoms with E-state index in [0.29, 0.717) is 29.1 Å². The van der Waals surface area contributed by atoms with Crippen molar-refractivity contribution >= 4 is 36.4 Å². The van der Waals surface area contributed by atoms with Gasteiger partial charge in [-0.3, -0.25) is 0 Å². The molecule has 0 aromatic carbocycles. The van der Waals surface area contributed by atoms with Crippen LogP contribution in [0.25, 0.3) is 11.0 Å². The normalized spacial score (nSPS) is 15.5. The molecule has 140 valence electrons. The Labute approximate surface area is 161 Å². The van der Waals surface area contributed by atoms with E-state index >= 15 is 0 Å². The van der Waals surface area contributed by atoms with Crippen molar-refractivity contribution in [2.45, 2.75) is 64.1 Å². The second-order valence-corrected chi connectivity index (χ2v) is 14.3. The Bertz CT molecular complexity index is 816. The van der Waals surface area contributed by atoms with E-state index in [-0.39, 0.29) is 0 Å². The first-order chi connectivity index (χ1) is 12.4. The van der Waals surface area contributed by atoms with E-state index in [4.69, 9.17) is 16.3 Å². The third-order valence-electron chi connectivity index (χ3n) is 4.86. The number of fused-ring (bicyclic) bond motifs is 1. The lowest BCUT2D eigenvalue weighted by molar-refractivity contribution is 0.0898. The minimum Gasteiger partial charge on any atom is -0.382 e. The number of halogens is 1. The first kappa shape index (κ1) is 19.2. The summed E-state index contributed by atoms with van der Waals surface area (Å²) in [6.07, 6.45) is 6.63. The fraction of sp³-hybridized carbons (Fsp3) is 0.579. The molecule has 1 aliphatic carbocycles. The molecule has 0 saturated heterocycles. The van der Waals surface area contributed by atoms with E-state index in [1.54, 1.807) is 0 Å². The van der Waals surface area contributed by atoms with Crippen molar-refractivity contribution in [2.75, 3.05) is 11.9 Å². The molecule has 0 bridgehead atoms. The van der Waals surface area contributed by atoms with Crippen LogP contribution in [0.2, 0.25) is 30.8 Å². The SMILES string of the molecule is C[Si](C)(C)CCOCn1cc(C#N)c2c(NC3CCCC3)cc(Cl)nc21. The number of pyridine rings is 1. The molecule has 1 saturated carbocycles. The van der Waals surface area contributed by atoms with Crippen LogP contribution in [-0.2, 0) is 11.5 Å². The summed E-state index contributed by atoms with van der Waals surface area (Å²) >= 11 is 6.27. The zero-order valence-electron chi connectivity index (χ0n) is 15.8. The second kappa shape index (κ2) is 7.99. The van der Waals surface area contributed by atoms with Gasteiger partial charge in [0.15, 0.2) is 0 Å². The van der Waals surface area contributed by atoms with Crippen molar-refractivity contribution in [3.05, 3.63) is 23.0 Å². The van der Waals surface area contributed by atoms with Gasteiger partial charge in [-0.25, -0.2) is 4.98 Å². The Morgan fingerprint density at radius 3 is 2.77 bits per heavy atom. The van der Waals surface area contributed by atoms with E-state index in [1.165, 1.54) is 12.8 Å². The molecular formula is C19H27ClN4OSi. The number of nitrogens with one attached hydrogen (secondary N) is 1. The summed E-state index contributed by atoms with van der Waals surface area (Å²) in [5.41, 5.74) is 2.23. The van der Waals surface area contributed by atoms with Gasteiger partial charge in [0.05, 0.1) is 10.9 Å². The van der Waals surface area contributed by atoms with Gasteiger partial charge >= 0.3 is 0 Å². The molecule has 2 heterocycles. The van der Waals surface area contributed by atoms with Crippen LogP contribution in [0.5, 0.6) is 0 Å². The van der Waals surface area contributed by atoms with Crippen molar-refractivity contribution in [2.24, 2.45) is 0 Å². The van der Waals surface area contributed by atoms with Crippen molar-refractivity contribution in [3.8, 4) is 6.07 Å². The topological polar surface area (TPSA) is 62.9 Å². The summed E-state index contributed by atoms with van der Waals surface area (Å²) in [6, 6.07) is 5.69. The van der Waals surface area contributed by atoms with E-state index in [0.717, 1.165) is 36.6 Å². The monoisotopic (exact) mass is 390 g/mol. The Morgan fingerprint density at radius 1 is 1.38 bits per heavy atom. The number of nitriles is 1. The van der Waals surface area contributed by atoms with Crippen molar-refractivity contribution < 1.29 is 4.74 Å². The predicted octanol–water partition coefficient (Wildman–Crippen LogP) is 5.23. The zero-order valence-corrected chi connectivity index (χ0v) is 17.6. The fourth-order valence-electron chi connectivity index (χ4n) is 3.38. The quantitative estimate of drug-likeness (QED) is 0.399. The fourth-order valence-corrected chi connectivity index (χ4v) is 4.33. The lowest BCUT2D eigenvalue weighted by Gasteiger charge is -2.16. The smallest absolute Gasteiger partial charge is 0.147 e. The average Bonchev–Trinajstić information content (AvgIpc) is 3.18. The Morgan fingerprint density at radius 2 is 2.12 bits per heavy atom. The largest absolute Gasteiger partial charge is 0.382 e. The van der Waals surface area contributed by atoms with E-state index in [2.05, 4.69) is 36.0 Å². The van der Waals surface area contributed by atoms with Crippen LogP contribution >= 0.6 is 11.6 Å². The minimum absolute atomic E-state index is 0.388. The summed E-state index contributed by atoms with van der Waals surface area (Å²) in [5, 5.41) is 14.4. The minimum atomic E-state index is -1.12. The van der Waals surface area contributed by atoms with Gasteiger partial charge in [0.1, 0.15) is 23.6 Å². The highest BCUT2D eigenvalue weighted by Crippen LogP contribution is 2.32. The number of hydrogen-bond acceptors (Lipinski definition) is 4. The van der Waals surface area contributed by atoms with Crippen molar-refractivity contribution in [1.29, 1.82) is 5.26 Å². The number of ether oxygens (including phenoxy) is 1. The van der Waals surface area contributed by atoms with E-state index in [1.807, 2.05) is 16.8 Å². The maximum Gasteiger partial charge on any atom is 0.147 e. The van der Waals surface area contributed by atoms with Gasteiger partial charge in [0.25, 0.3) is 0 Å². The maximum absolute atomic E-state index is 9.59. The van der Waals surface area contributed by atoms with Crippen LogP contribution in [0.4, 0.5) is 5.69 Å². The van der Waals surface area contributed by atoms with Crippen molar-refractivity contribution in [1.82, 2.24) is 9.55 Å². The molecule has 5 nitrogen and oxygen atoms in total. The van der Waals surface area contributed by atoms with E-state index < -0.39 is 8.07 Å². The third-order valence-corrected chi connectivity index (χ3v) is 6.76. The molecular weight excluding hydrogens is 364 g/mol. The number of nitrogens with zero attached hydrogens (tertiary/aromatic N) is 3. The molecule has 2 aromatic heterocycles. The predicted molar refractivity (Wildman–Crippen MR) is 109 cm³/mol. The lowest BCUT2D eigenvalue weighted by atomic mass is 10.1. The van der Waals surface area contributed by atoms with Gasteiger partial charge in [-0.05, 0) is 25.0 Å². The zero-order chi connectivity index (χ0) is 18.7. The van der Waals surface area contributed by atoms with Crippen molar-refractivity contribution in [3.63, 3.8) is 0 Å². The van der Waals surface area contributed by atoms with Crippen LogP contribution < -0.4 is 5.32 Å². The van der Waals surface area contributed by atoms with Crippen LogP contribution in [0.1, 0.15) is 31.2 Å². The average molecular weight is 391 g/mol. The first-order valence-corrected chi connectivity index (χ1v) is 13.4. The highest BCUT2D eigenvalue weighted by atomic mass is 35.5. The molecule has 0 unspecified atom stereocenters. The molecule has 1 aliphatic rings. The van der Waals surface area contributed by atoms with Gasteiger partial charge < -0.3 is 14.6 Å². The van der Waals surface area contributed by atoms with Crippen LogP contribution in [0.15, 0.2) is 12.3 Å². The summed E-state index contributed by atoms with van der Waals surface area (Å²) in [7, 11) is -1.12. The van der Waals surface area contributed by atoms with Gasteiger partial charge in [-0.2, -0.15) is 5.26 Å². The third kappa shape index (κ3) is 4.59. The molecule has 0 amide bonds. The second-order valence-electron chi connectivity index (χ2n) is 8.29. The van der Waals surface area contributed by atoms with E-state index in [9.17, 15) is 5.26 Å². The summed E-state index contributed by atoms with van der Waals surface area (Å²) in [6.45, 7) is 8.11. The van der Waals surface area contributed by atoms with Crippen LogP contribution in [0, 0.1) is 11.3 Å². The van der Waals surface area contributed by atoms with Gasteiger partial charge in [0, 0.05) is 32.6 Å². The summed E-state index contributed by atoms with van der Waals surface area (Å²) in [4.78, 5) is 4.47. The molecule has 7 heteroatoms. The van der Waals surface area contributed by atoms with Gasteiger partial charge in [-0.15, -0.1) is 0 Å². The molecule has 3 rings (SSSR count). The first-order valence-electron chi connectivity index (χ1n) is 9.31. The Balaban J connectivity index is 1.85. The van der Waals surface area contributed by atoms with Crippen LogP contribution in [-0.4, -0.2) is 30.3 Å². The molecule has 2 aromatic rings. The molecule has 1 N–H and O–H groups in total. The number of hydrogen-bond donors (Lipinski definition) is 1. The summed E-state index contributed by atoms with van der Waals surface area (Å²) < 4.78 is 7.75.